The van der Waals surface area contributed by atoms with Crippen LogP contribution in [-0.2, 0) is 9.84 Å². The molecule has 1 N–H and O–H groups in total. The first kappa shape index (κ1) is 16.6. The lowest BCUT2D eigenvalue weighted by atomic mass is 10.2. The quantitative estimate of drug-likeness (QED) is 0.803. The SMILES string of the molecule is CSCCCS(=O)(=O)c1cc(C(=O)O)c(Cl)cc1Cl. The number of rotatable bonds is 6. The molecule has 106 valence electrons. The number of carboxylic acid groups (broad SMARTS) is 1. The molecule has 0 aromatic heterocycles. The molecule has 0 heterocycles. The fourth-order valence-electron chi connectivity index (χ4n) is 1.43. The fourth-order valence-corrected chi connectivity index (χ4v) is 4.26. The Morgan fingerprint density at radius 3 is 2.47 bits per heavy atom. The van der Waals surface area contributed by atoms with Crippen molar-refractivity contribution in [1.29, 1.82) is 0 Å². The predicted octanol–water partition coefficient (Wildman–Crippen LogP) is 3.22. The van der Waals surface area contributed by atoms with E-state index in [0.29, 0.717) is 12.2 Å². The number of sulfone groups is 1. The van der Waals surface area contributed by atoms with Crippen LogP contribution >= 0.6 is 35.0 Å². The van der Waals surface area contributed by atoms with Crippen molar-refractivity contribution in [2.75, 3.05) is 17.8 Å². The summed E-state index contributed by atoms with van der Waals surface area (Å²) < 4.78 is 24.2. The van der Waals surface area contributed by atoms with Gasteiger partial charge in [0.15, 0.2) is 9.84 Å². The maximum Gasteiger partial charge on any atom is 0.337 e. The third-order valence-electron chi connectivity index (χ3n) is 2.35. The molecule has 0 saturated heterocycles. The zero-order valence-electron chi connectivity index (χ0n) is 10.0. The van der Waals surface area contributed by atoms with Crippen molar-refractivity contribution in [2.24, 2.45) is 0 Å². The molecule has 1 aromatic carbocycles. The van der Waals surface area contributed by atoms with Gasteiger partial charge in [0.2, 0.25) is 0 Å². The average molecular weight is 343 g/mol. The predicted molar refractivity (Wildman–Crippen MR) is 78.5 cm³/mol. The van der Waals surface area contributed by atoms with Gasteiger partial charge < -0.3 is 5.11 Å². The van der Waals surface area contributed by atoms with Crippen molar-refractivity contribution >= 4 is 50.8 Å². The first-order valence-electron chi connectivity index (χ1n) is 5.23. The molecule has 0 spiro atoms. The average Bonchev–Trinajstić information content (AvgIpc) is 2.28. The number of benzene rings is 1. The summed E-state index contributed by atoms with van der Waals surface area (Å²) in [7, 11) is -3.60. The Bertz CT molecular complexity index is 585. The van der Waals surface area contributed by atoms with Gasteiger partial charge in [-0.1, -0.05) is 23.2 Å². The topological polar surface area (TPSA) is 71.4 Å². The summed E-state index contributed by atoms with van der Waals surface area (Å²) in [5, 5.41) is 8.80. The maximum atomic E-state index is 12.1. The molecule has 8 heteroatoms. The molecule has 19 heavy (non-hydrogen) atoms. The Kier molecular flexibility index (Phi) is 5.98. The molecular weight excluding hydrogens is 331 g/mol. The first-order chi connectivity index (χ1) is 8.79. The summed E-state index contributed by atoms with van der Waals surface area (Å²) in [5.74, 6) is -0.660. The van der Waals surface area contributed by atoms with Gasteiger partial charge in [0.1, 0.15) is 0 Å². The summed E-state index contributed by atoms with van der Waals surface area (Å²) in [6.07, 6.45) is 2.36. The molecule has 0 saturated carbocycles. The van der Waals surface area contributed by atoms with E-state index in [4.69, 9.17) is 28.3 Å². The van der Waals surface area contributed by atoms with Gasteiger partial charge in [-0.15, -0.1) is 0 Å². The first-order valence-corrected chi connectivity index (χ1v) is 9.04. The van der Waals surface area contributed by atoms with E-state index in [1.165, 1.54) is 11.8 Å². The number of hydrogen-bond acceptors (Lipinski definition) is 4. The second-order valence-electron chi connectivity index (χ2n) is 3.73. The third-order valence-corrected chi connectivity index (χ3v) is 5.62. The van der Waals surface area contributed by atoms with Gasteiger partial charge in [-0.25, -0.2) is 13.2 Å². The Labute approximate surface area is 126 Å². The fraction of sp³-hybridized carbons (Fsp3) is 0.364. The van der Waals surface area contributed by atoms with Crippen LogP contribution in [0.3, 0.4) is 0 Å². The molecule has 0 amide bonds. The van der Waals surface area contributed by atoms with Crippen LogP contribution in [0, 0.1) is 0 Å². The molecule has 0 radical (unpaired) electrons. The van der Waals surface area contributed by atoms with Crippen LogP contribution in [0.15, 0.2) is 17.0 Å². The van der Waals surface area contributed by atoms with Crippen molar-refractivity contribution in [2.45, 2.75) is 11.3 Å². The summed E-state index contributed by atoms with van der Waals surface area (Å²) in [6, 6.07) is 2.16. The van der Waals surface area contributed by atoms with E-state index in [1.54, 1.807) is 0 Å². The molecule has 0 aliphatic rings. The second-order valence-corrected chi connectivity index (χ2v) is 7.61. The van der Waals surface area contributed by atoms with Gasteiger partial charge in [0, 0.05) is 0 Å². The number of carbonyl (C=O) groups is 1. The van der Waals surface area contributed by atoms with Gasteiger partial charge in [-0.3, -0.25) is 0 Å². The van der Waals surface area contributed by atoms with Gasteiger partial charge >= 0.3 is 5.97 Å². The molecule has 0 unspecified atom stereocenters. The second kappa shape index (κ2) is 6.83. The minimum absolute atomic E-state index is 0.0563. The van der Waals surface area contributed by atoms with E-state index in [2.05, 4.69) is 0 Å². The minimum atomic E-state index is -3.60. The van der Waals surface area contributed by atoms with E-state index in [0.717, 1.165) is 12.1 Å². The molecule has 1 rings (SSSR count). The monoisotopic (exact) mass is 342 g/mol. The molecule has 0 fully saturated rings. The van der Waals surface area contributed by atoms with Gasteiger partial charge in [-0.05, 0) is 30.6 Å². The summed E-state index contributed by atoms with van der Waals surface area (Å²) in [6.45, 7) is 0. The van der Waals surface area contributed by atoms with E-state index in [9.17, 15) is 13.2 Å². The highest BCUT2D eigenvalue weighted by Crippen LogP contribution is 2.29. The minimum Gasteiger partial charge on any atom is -0.478 e. The lowest BCUT2D eigenvalue weighted by Gasteiger charge is -2.08. The Hall–Kier alpha value is -0.430. The van der Waals surface area contributed by atoms with E-state index >= 15 is 0 Å². The molecule has 0 bridgehead atoms. The van der Waals surface area contributed by atoms with E-state index in [1.807, 2.05) is 6.26 Å². The standard InChI is InChI=1S/C11H12Cl2O4S2/c1-18-3-2-4-19(16,17)10-5-7(11(14)15)8(12)6-9(10)13/h5-6H,2-4H2,1H3,(H,14,15). The molecule has 4 nitrogen and oxygen atoms in total. The highest BCUT2D eigenvalue weighted by atomic mass is 35.5. The number of thioether (sulfide) groups is 1. The third kappa shape index (κ3) is 4.27. The maximum absolute atomic E-state index is 12.1. The Morgan fingerprint density at radius 1 is 1.32 bits per heavy atom. The lowest BCUT2D eigenvalue weighted by Crippen LogP contribution is -2.10. The van der Waals surface area contributed by atoms with Gasteiger partial charge in [-0.2, -0.15) is 11.8 Å². The highest BCUT2D eigenvalue weighted by molar-refractivity contribution is 7.98. The van der Waals surface area contributed by atoms with Crippen molar-refractivity contribution < 1.29 is 18.3 Å². The molecule has 0 aliphatic carbocycles. The largest absolute Gasteiger partial charge is 0.478 e. The van der Waals surface area contributed by atoms with Crippen LogP contribution in [-0.4, -0.2) is 37.3 Å². The van der Waals surface area contributed by atoms with Crippen LogP contribution in [0.25, 0.3) is 0 Å². The van der Waals surface area contributed by atoms with Crippen molar-refractivity contribution in [1.82, 2.24) is 0 Å². The highest BCUT2D eigenvalue weighted by Gasteiger charge is 2.22. The molecule has 1 aromatic rings. The molecule has 0 aliphatic heterocycles. The molecule has 0 atom stereocenters. The number of hydrogen-bond donors (Lipinski definition) is 1. The smallest absolute Gasteiger partial charge is 0.337 e. The number of carboxylic acids is 1. The van der Waals surface area contributed by atoms with Crippen LogP contribution in [0.5, 0.6) is 0 Å². The number of halogens is 2. The van der Waals surface area contributed by atoms with Crippen LogP contribution in [0.4, 0.5) is 0 Å². The number of aromatic carboxylic acids is 1. The summed E-state index contributed by atoms with van der Waals surface area (Å²) in [4.78, 5) is 10.8. The van der Waals surface area contributed by atoms with Crippen molar-refractivity contribution in [3.8, 4) is 0 Å². The lowest BCUT2D eigenvalue weighted by molar-refractivity contribution is 0.0697. The summed E-state index contributed by atoms with van der Waals surface area (Å²) >= 11 is 13.1. The zero-order valence-corrected chi connectivity index (χ0v) is 13.2. The zero-order chi connectivity index (χ0) is 14.6. The van der Waals surface area contributed by atoms with Gasteiger partial charge in [0.25, 0.3) is 0 Å². The van der Waals surface area contributed by atoms with E-state index in [-0.39, 0.29) is 26.3 Å². The summed E-state index contributed by atoms with van der Waals surface area (Å²) in [5.41, 5.74) is -0.269. The van der Waals surface area contributed by atoms with Crippen LogP contribution < -0.4 is 0 Å². The Morgan fingerprint density at radius 2 is 1.95 bits per heavy atom. The Balaban J connectivity index is 3.19. The van der Waals surface area contributed by atoms with Gasteiger partial charge in [0.05, 0.1) is 26.3 Å². The van der Waals surface area contributed by atoms with Crippen molar-refractivity contribution in [3.05, 3.63) is 27.7 Å². The van der Waals surface area contributed by atoms with Crippen LogP contribution in [0.1, 0.15) is 16.8 Å². The van der Waals surface area contributed by atoms with Crippen LogP contribution in [0.2, 0.25) is 10.0 Å². The van der Waals surface area contributed by atoms with Crippen molar-refractivity contribution in [3.63, 3.8) is 0 Å². The van der Waals surface area contributed by atoms with E-state index < -0.39 is 15.8 Å². The molecular formula is C11H12Cl2O4S2. The normalized spacial score (nSPS) is 11.5.